The van der Waals surface area contributed by atoms with Crippen molar-refractivity contribution in [1.29, 1.82) is 0 Å². The van der Waals surface area contributed by atoms with E-state index in [0.717, 1.165) is 11.2 Å². The van der Waals surface area contributed by atoms with Crippen molar-refractivity contribution >= 4 is 5.65 Å². The number of aromatic nitrogens is 2. The Hall–Kier alpha value is -2.87. The summed E-state index contributed by atoms with van der Waals surface area (Å²) in [5.41, 5.74) is 3.50. The summed E-state index contributed by atoms with van der Waals surface area (Å²) in [6, 6.07) is 24.7. The van der Waals surface area contributed by atoms with E-state index in [1.165, 1.54) is 0 Å². The minimum Gasteiger partial charge on any atom is -0.303 e. The first-order valence-corrected chi connectivity index (χ1v) is 7.26. The van der Waals surface area contributed by atoms with Crippen LogP contribution in [0.25, 0.3) is 16.9 Å². The lowest BCUT2D eigenvalue weighted by Gasteiger charge is -2.06. The molecule has 2 heteroatoms. The third kappa shape index (κ3) is 2.29. The molecule has 0 fully saturated rings. The van der Waals surface area contributed by atoms with Gasteiger partial charge in [0.25, 0.3) is 0 Å². The number of imidazole rings is 1. The van der Waals surface area contributed by atoms with Crippen LogP contribution in [-0.2, 0) is 6.37 Å². The third-order valence-corrected chi connectivity index (χ3v) is 3.61. The van der Waals surface area contributed by atoms with Crippen LogP contribution >= 0.6 is 0 Å². The molecule has 2 heterocycles. The number of hydrogen-bond donors (Lipinski definition) is 0. The second-order valence-corrected chi connectivity index (χ2v) is 5.09. The van der Waals surface area contributed by atoms with Gasteiger partial charge in [0, 0.05) is 20.9 Å². The van der Waals surface area contributed by atoms with E-state index in [2.05, 4.69) is 0 Å². The number of rotatable bonds is 3. The molecule has 0 spiro atoms. The number of benzene rings is 2. The van der Waals surface area contributed by atoms with Gasteiger partial charge in [-0.05, 0) is 17.7 Å². The van der Waals surface area contributed by atoms with E-state index >= 15 is 0 Å². The topological polar surface area (TPSA) is 17.3 Å². The lowest BCUT2D eigenvalue weighted by molar-refractivity contribution is 1.03. The Kier molecular flexibility index (Phi) is 2.69. The van der Waals surface area contributed by atoms with Gasteiger partial charge in [0.2, 0.25) is 0 Å². The van der Waals surface area contributed by atoms with Crippen molar-refractivity contribution in [2.75, 3.05) is 0 Å². The Morgan fingerprint density at radius 3 is 2.27 bits per heavy atom. The molecule has 0 unspecified atom stereocenters. The van der Waals surface area contributed by atoms with Crippen LogP contribution in [-0.4, -0.2) is 9.38 Å². The Labute approximate surface area is 132 Å². The summed E-state index contributed by atoms with van der Waals surface area (Å²) in [4.78, 5) is 4.70. The van der Waals surface area contributed by atoms with E-state index < -0.39 is 6.37 Å². The van der Waals surface area contributed by atoms with Gasteiger partial charge in [-0.2, -0.15) is 0 Å². The molecular formula is C20H16N2. The Balaban J connectivity index is 2.03. The quantitative estimate of drug-likeness (QED) is 0.538. The van der Waals surface area contributed by atoms with Crippen LogP contribution in [0.15, 0.2) is 85.1 Å². The lowest BCUT2D eigenvalue weighted by atomic mass is 10.0. The standard InChI is InChI=1S/C20H16N2/c1-3-9-16(10-4-1)15-18-20(17-11-5-2-6-12-17)21-19-13-7-8-14-22(18)19/h1-14H,15H2/i15D2. The fraction of sp³-hybridized carbons (Fsp3) is 0.0500. The molecule has 0 bridgehead atoms. The summed E-state index contributed by atoms with van der Waals surface area (Å²) >= 11 is 0. The first-order valence-electron chi connectivity index (χ1n) is 8.26. The maximum atomic E-state index is 8.80. The van der Waals surface area contributed by atoms with Crippen molar-refractivity contribution in [2.24, 2.45) is 0 Å². The molecular weight excluding hydrogens is 268 g/mol. The van der Waals surface area contributed by atoms with Crippen molar-refractivity contribution in [2.45, 2.75) is 6.37 Å². The molecule has 4 rings (SSSR count). The first-order chi connectivity index (χ1) is 11.7. The second-order valence-electron chi connectivity index (χ2n) is 5.09. The van der Waals surface area contributed by atoms with Crippen LogP contribution in [0, 0.1) is 0 Å². The van der Waals surface area contributed by atoms with Crippen LogP contribution in [0.3, 0.4) is 0 Å². The highest BCUT2D eigenvalue weighted by atomic mass is 15.0. The number of pyridine rings is 1. The highest BCUT2D eigenvalue weighted by molar-refractivity contribution is 5.67. The van der Waals surface area contributed by atoms with Crippen LogP contribution in [0.1, 0.15) is 14.0 Å². The van der Waals surface area contributed by atoms with Gasteiger partial charge in [0.1, 0.15) is 5.65 Å². The summed E-state index contributed by atoms with van der Waals surface area (Å²) < 4.78 is 19.4. The van der Waals surface area contributed by atoms with Crippen LogP contribution < -0.4 is 0 Å². The maximum Gasteiger partial charge on any atom is 0.137 e. The molecule has 2 aromatic heterocycles. The summed E-state index contributed by atoms with van der Waals surface area (Å²) in [5.74, 6) is 0. The molecule has 0 N–H and O–H groups in total. The van der Waals surface area contributed by atoms with Gasteiger partial charge < -0.3 is 4.40 Å². The first kappa shape index (κ1) is 10.8. The Morgan fingerprint density at radius 1 is 0.818 bits per heavy atom. The molecule has 4 aromatic rings. The number of fused-ring (bicyclic) bond motifs is 1. The van der Waals surface area contributed by atoms with Crippen molar-refractivity contribution < 1.29 is 2.74 Å². The average molecular weight is 286 g/mol. The fourth-order valence-electron chi connectivity index (χ4n) is 2.57. The molecule has 0 amide bonds. The molecule has 2 aromatic carbocycles. The zero-order valence-electron chi connectivity index (χ0n) is 14.0. The summed E-state index contributed by atoms with van der Waals surface area (Å²) in [6.07, 6.45) is 0.206. The van der Waals surface area contributed by atoms with Crippen molar-refractivity contribution in [3.8, 4) is 11.3 Å². The van der Waals surface area contributed by atoms with Crippen molar-refractivity contribution in [3.63, 3.8) is 0 Å². The van der Waals surface area contributed by atoms with Gasteiger partial charge in [0.15, 0.2) is 0 Å². The monoisotopic (exact) mass is 286 g/mol. The molecule has 0 saturated carbocycles. The zero-order valence-corrected chi connectivity index (χ0v) is 12.0. The SMILES string of the molecule is [2H]C([2H])(c1ccccc1)c1c(-c2ccccc2)nc2ccccn12. The van der Waals surface area contributed by atoms with E-state index in [4.69, 9.17) is 7.73 Å². The number of hydrogen-bond acceptors (Lipinski definition) is 1. The van der Waals surface area contributed by atoms with E-state index in [1.54, 1.807) is 0 Å². The van der Waals surface area contributed by atoms with Gasteiger partial charge in [-0.1, -0.05) is 66.7 Å². The largest absolute Gasteiger partial charge is 0.303 e. The van der Waals surface area contributed by atoms with Gasteiger partial charge in [-0.25, -0.2) is 4.98 Å². The lowest BCUT2D eigenvalue weighted by Crippen LogP contribution is -1.96. The van der Waals surface area contributed by atoms with E-state index in [9.17, 15) is 0 Å². The highest BCUT2D eigenvalue weighted by Gasteiger charge is 2.13. The Bertz CT molecular complexity index is 976. The Morgan fingerprint density at radius 2 is 1.50 bits per heavy atom. The summed E-state index contributed by atoms with van der Waals surface area (Å²) in [7, 11) is 0. The minimum absolute atomic E-state index is 0.551. The molecule has 0 aliphatic rings. The molecule has 0 aliphatic carbocycles. The molecule has 0 saturated heterocycles. The molecule has 106 valence electrons. The van der Waals surface area contributed by atoms with Crippen LogP contribution in [0.5, 0.6) is 0 Å². The minimum atomic E-state index is -1.66. The zero-order chi connectivity index (χ0) is 16.6. The second kappa shape index (κ2) is 5.49. The van der Waals surface area contributed by atoms with Gasteiger partial charge in [0.05, 0.1) is 11.4 Å². The molecule has 2 nitrogen and oxygen atoms in total. The van der Waals surface area contributed by atoms with Crippen LogP contribution in [0.2, 0.25) is 0 Å². The van der Waals surface area contributed by atoms with Crippen LogP contribution in [0.4, 0.5) is 0 Å². The molecule has 0 radical (unpaired) electrons. The van der Waals surface area contributed by atoms with E-state index in [0.29, 0.717) is 17.0 Å². The van der Waals surface area contributed by atoms with Gasteiger partial charge >= 0.3 is 0 Å². The smallest absolute Gasteiger partial charge is 0.137 e. The molecule has 22 heavy (non-hydrogen) atoms. The average Bonchev–Trinajstić information content (AvgIpc) is 3.03. The highest BCUT2D eigenvalue weighted by Crippen LogP contribution is 2.26. The maximum absolute atomic E-state index is 8.80. The van der Waals surface area contributed by atoms with Gasteiger partial charge in [-0.15, -0.1) is 0 Å². The third-order valence-electron chi connectivity index (χ3n) is 3.61. The normalized spacial score (nSPS) is 12.9. The number of nitrogens with zero attached hydrogens (tertiary/aromatic N) is 2. The summed E-state index contributed by atoms with van der Waals surface area (Å²) in [6.45, 7) is 0. The van der Waals surface area contributed by atoms with Crippen molar-refractivity contribution in [3.05, 3.63) is 96.3 Å². The molecule has 0 atom stereocenters. The van der Waals surface area contributed by atoms with Crippen molar-refractivity contribution in [1.82, 2.24) is 9.38 Å². The van der Waals surface area contributed by atoms with Gasteiger partial charge in [-0.3, -0.25) is 0 Å². The predicted molar refractivity (Wildman–Crippen MR) is 89.9 cm³/mol. The predicted octanol–water partition coefficient (Wildman–Crippen LogP) is 4.59. The van der Waals surface area contributed by atoms with E-state index in [-0.39, 0.29) is 0 Å². The van der Waals surface area contributed by atoms with E-state index in [1.807, 2.05) is 89.5 Å². The fourth-order valence-corrected chi connectivity index (χ4v) is 2.57. The summed E-state index contributed by atoms with van der Waals surface area (Å²) in [5, 5.41) is 0. The molecule has 0 aliphatic heterocycles.